The molecule has 8 nitrogen and oxygen atoms in total. The Hall–Kier alpha value is -3.91. The van der Waals surface area contributed by atoms with Crippen molar-refractivity contribution < 1.29 is 14.6 Å². The Kier molecular flexibility index (Phi) is 4.99. The summed E-state index contributed by atoms with van der Waals surface area (Å²) in [4.78, 5) is 11.0. The van der Waals surface area contributed by atoms with Gasteiger partial charge in [-0.3, -0.25) is 4.68 Å². The number of fused-ring (bicyclic) bond motifs is 2. The smallest absolute Gasteiger partial charge is 0.232 e. The summed E-state index contributed by atoms with van der Waals surface area (Å²) in [5, 5.41) is 18.2. The number of hydrogen-bond acceptors (Lipinski definition) is 7. The number of ether oxygens (including phenoxy) is 2. The number of rotatable bonds is 5. The number of hydrogen-bond donors (Lipinski definition) is 1. The number of methoxy groups -OCH3 is 1. The molecular weight excluding hydrogens is 406 g/mol. The molecule has 8 heteroatoms. The van der Waals surface area contributed by atoms with Crippen LogP contribution >= 0.6 is 0 Å². The maximum absolute atomic E-state index is 11.5. The molecule has 2 aromatic heterocycles. The van der Waals surface area contributed by atoms with Crippen molar-refractivity contribution in [3.8, 4) is 11.6 Å². The molecule has 1 aliphatic rings. The van der Waals surface area contributed by atoms with Crippen molar-refractivity contribution in [2.45, 2.75) is 13.2 Å². The molecule has 0 saturated heterocycles. The van der Waals surface area contributed by atoms with Gasteiger partial charge in [-0.25, -0.2) is 9.97 Å². The largest absolute Gasteiger partial charge is 0.497 e. The second-order valence-electron chi connectivity index (χ2n) is 7.47. The van der Waals surface area contributed by atoms with E-state index in [0.717, 1.165) is 27.9 Å². The molecule has 2 aromatic carbocycles. The summed E-state index contributed by atoms with van der Waals surface area (Å²) in [7, 11) is 3.51. The van der Waals surface area contributed by atoms with E-state index in [4.69, 9.17) is 9.47 Å². The first kappa shape index (κ1) is 20.0. The summed E-state index contributed by atoms with van der Waals surface area (Å²) in [5.41, 5.74) is 3.18. The van der Waals surface area contributed by atoms with Crippen molar-refractivity contribution in [3.63, 3.8) is 0 Å². The van der Waals surface area contributed by atoms with Crippen molar-refractivity contribution in [1.29, 1.82) is 0 Å². The van der Waals surface area contributed by atoms with Crippen molar-refractivity contribution in [2.24, 2.45) is 7.05 Å². The number of aliphatic hydroxyl groups is 1. The highest BCUT2D eigenvalue weighted by Gasteiger charge is 2.26. The van der Waals surface area contributed by atoms with Crippen molar-refractivity contribution >= 4 is 28.4 Å². The molecule has 1 unspecified atom stereocenters. The molecule has 0 fully saturated rings. The number of anilines is 1. The molecule has 0 radical (unpaired) electrons. The maximum Gasteiger partial charge on any atom is 0.232 e. The lowest BCUT2D eigenvalue weighted by Gasteiger charge is -2.31. The topological polar surface area (TPSA) is 85.5 Å². The average molecular weight is 429 g/mol. The summed E-state index contributed by atoms with van der Waals surface area (Å²) in [6.07, 6.45) is 4.39. The van der Waals surface area contributed by atoms with Crippen LogP contribution in [0.15, 0.2) is 54.9 Å². The lowest BCUT2D eigenvalue weighted by atomic mass is 10.0. The fourth-order valence-electron chi connectivity index (χ4n) is 3.93. The van der Waals surface area contributed by atoms with Crippen LogP contribution in [0.1, 0.15) is 12.5 Å². The second kappa shape index (κ2) is 7.97. The van der Waals surface area contributed by atoms with Gasteiger partial charge in [-0.05, 0) is 42.8 Å². The van der Waals surface area contributed by atoms with E-state index < -0.39 is 6.23 Å². The van der Waals surface area contributed by atoms with Crippen LogP contribution in [0.2, 0.25) is 0 Å². The Morgan fingerprint density at radius 1 is 1.12 bits per heavy atom. The Bertz CT molecular complexity index is 1410. The highest BCUT2D eigenvalue weighted by Crippen LogP contribution is 2.29. The Morgan fingerprint density at radius 2 is 1.94 bits per heavy atom. The van der Waals surface area contributed by atoms with Crippen molar-refractivity contribution in [2.75, 3.05) is 18.6 Å². The van der Waals surface area contributed by atoms with Gasteiger partial charge in [-0.1, -0.05) is 12.1 Å². The molecule has 0 spiro atoms. The van der Waals surface area contributed by atoms with Crippen molar-refractivity contribution in [3.05, 3.63) is 71.1 Å². The second-order valence-corrected chi connectivity index (χ2v) is 7.47. The molecule has 1 N–H and O–H groups in total. The van der Waals surface area contributed by atoms with Crippen LogP contribution in [0.4, 0.5) is 5.69 Å². The average Bonchev–Trinajstić information content (AvgIpc) is 3.18. The van der Waals surface area contributed by atoms with Gasteiger partial charge in [0.15, 0.2) is 6.23 Å². The third-order valence-electron chi connectivity index (χ3n) is 5.41. The van der Waals surface area contributed by atoms with Crippen LogP contribution in [0.5, 0.6) is 11.6 Å². The zero-order valence-electron chi connectivity index (χ0n) is 18.1. The number of nitrogens with zero attached hydrogens (tertiary/aromatic N) is 5. The summed E-state index contributed by atoms with van der Waals surface area (Å²) in [6, 6.07) is 13.4. The van der Waals surface area contributed by atoms with Gasteiger partial charge in [0.25, 0.3) is 0 Å². The molecule has 1 atom stereocenters. The molecule has 162 valence electrons. The highest BCUT2D eigenvalue weighted by molar-refractivity contribution is 5.85. The van der Waals surface area contributed by atoms with E-state index in [1.54, 1.807) is 22.9 Å². The minimum absolute atomic E-state index is 0.420. The summed E-state index contributed by atoms with van der Waals surface area (Å²) in [6.45, 7) is 2.38. The van der Waals surface area contributed by atoms with E-state index in [1.807, 2.05) is 68.8 Å². The van der Waals surface area contributed by atoms with E-state index in [0.29, 0.717) is 28.8 Å². The molecule has 32 heavy (non-hydrogen) atoms. The molecule has 3 heterocycles. The third kappa shape index (κ3) is 3.44. The SMILES string of the molecule is CCOc1cnc2c(n1)=C(c1ccc(OC)cc1)C(O)N(c1ccc3nn(C)cc3c1)C=2. The molecule has 0 aliphatic carbocycles. The molecule has 0 saturated carbocycles. The van der Waals surface area contributed by atoms with Crippen LogP contribution in [-0.2, 0) is 7.05 Å². The van der Waals surface area contributed by atoms with Crippen LogP contribution in [0.25, 0.3) is 22.7 Å². The van der Waals surface area contributed by atoms with E-state index in [-0.39, 0.29) is 0 Å². The Labute approximate surface area is 184 Å². The molecule has 0 bridgehead atoms. The lowest BCUT2D eigenvalue weighted by molar-refractivity contribution is 0.238. The van der Waals surface area contributed by atoms with Gasteiger partial charge < -0.3 is 19.5 Å². The van der Waals surface area contributed by atoms with Gasteiger partial charge >= 0.3 is 0 Å². The first-order chi connectivity index (χ1) is 15.6. The number of aliphatic hydroxyl groups excluding tert-OH is 1. The summed E-state index contributed by atoms with van der Waals surface area (Å²) < 4.78 is 12.6. The van der Waals surface area contributed by atoms with Gasteiger partial charge in [0.1, 0.15) is 16.4 Å². The zero-order chi connectivity index (χ0) is 22.2. The highest BCUT2D eigenvalue weighted by atomic mass is 16.5. The monoisotopic (exact) mass is 429 g/mol. The predicted octanol–water partition coefficient (Wildman–Crippen LogP) is 1.55. The minimum Gasteiger partial charge on any atom is -0.497 e. The molecule has 0 amide bonds. The van der Waals surface area contributed by atoms with Crippen LogP contribution in [-0.4, -0.2) is 44.8 Å². The van der Waals surface area contributed by atoms with Gasteiger partial charge in [0, 0.05) is 36.1 Å². The summed E-state index contributed by atoms with van der Waals surface area (Å²) in [5.74, 6) is 1.16. The van der Waals surface area contributed by atoms with Gasteiger partial charge in [0.05, 0.1) is 25.4 Å². The third-order valence-corrected chi connectivity index (χ3v) is 5.41. The molecule has 4 aromatic rings. The lowest BCUT2D eigenvalue weighted by Crippen LogP contribution is -2.48. The summed E-state index contributed by atoms with van der Waals surface area (Å²) >= 11 is 0. The van der Waals surface area contributed by atoms with Crippen LogP contribution in [0, 0.1) is 0 Å². The minimum atomic E-state index is -0.976. The number of aryl methyl sites for hydroxylation is 1. The van der Waals surface area contributed by atoms with Gasteiger partial charge in [-0.2, -0.15) is 5.10 Å². The normalized spacial score (nSPS) is 15.4. The molecular formula is C24H23N5O3. The Balaban J connectivity index is 1.70. The van der Waals surface area contributed by atoms with Gasteiger partial charge in [-0.15, -0.1) is 0 Å². The molecule has 1 aliphatic heterocycles. The fourth-order valence-corrected chi connectivity index (χ4v) is 3.93. The number of benzene rings is 2. The standard InChI is InChI=1S/C24H23N5O3/c1-4-32-21-12-25-20-14-29(17-7-10-19-16(11-17)13-28(2)27-19)24(30)22(23(20)26-21)15-5-8-18(31-3)9-6-15/h5-14,24,30H,4H2,1-3H3. The van der Waals surface area contributed by atoms with E-state index in [1.165, 1.54) is 0 Å². The van der Waals surface area contributed by atoms with Crippen LogP contribution in [0.3, 0.4) is 0 Å². The van der Waals surface area contributed by atoms with Crippen LogP contribution < -0.4 is 25.1 Å². The fraction of sp³-hybridized carbons (Fsp3) is 0.208. The van der Waals surface area contributed by atoms with E-state index in [9.17, 15) is 5.11 Å². The number of aromatic nitrogens is 4. The maximum atomic E-state index is 11.5. The molecule has 5 rings (SSSR count). The zero-order valence-corrected chi connectivity index (χ0v) is 18.1. The van der Waals surface area contributed by atoms with Gasteiger partial charge in [0.2, 0.25) is 5.88 Å². The Morgan fingerprint density at radius 3 is 2.69 bits per heavy atom. The van der Waals surface area contributed by atoms with E-state index >= 15 is 0 Å². The van der Waals surface area contributed by atoms with Crippen molar-refractivity contribution in [1.82, 2.24) is 19.7 Å². The first-order valence-electron chi connectivity index (χ1n) is 10.3. The van der Waals surface area contributed by atoms with E-state index in [2.05, 4.69) is 15.1 Å². The first-order valence-corrected chi connectivity index (χ1v) is 10.3. The predicted molar refractivity (Wildman–Crippen MR) is 122 cm³/mol. The quantitative estimate of drug-likeness (QED) is 0.515.